The number of ether oxygens (including phenoxy) is 2. The van der Waals surface area contributed by atoms with E-state index in [9.17, 15) is 9.59 Å². The first-order chi connectivity index (χ1) is 13.5. The fourth-order valence-electron chi connectivity index (χ4n) is 3.36. The summed E-state index contributed by atoms with van der Waals surface area (Å²) in [5.74, 6) is 0.884. The van der Waals surface area contributed by atoms with Crippen LogP contribution in [0.4, 0.5) is 5.69 Å². The van der Waals surface area contributed by atoms with Crippen LogP contribution in [0.3, 0.4) is 0 Å². The number of anilines is 1. The Morgan fingerprint density at radius 3 is 2.39 bits per heavy atom. The molecule has 6 nitrogen and oxygen atoms in total. The predicted molar refractivity (Wildman–Crippen MR) is 106 cm³/mol. The summed E-state index contributed by atoms with van der Waals surface area (Å²) in [6.45, 7) is 5.33. The zero-order valence-corrected chi connectivity index (χ0v) is 15.9. The highest BCUT2D eigenvalue weighted by molar-refractivity contribution is 6.36. The number of amides is 2. The van der Waals surface area contributed by atoms with Crippen LogP contribution in [0.5, 0.6) is 11.5 Å². The molecule has 0 atom stereocenters. The molecule has 2 heterocycles. The molecule has 2 aromatic rings. The van der Waals surface area contributed by atoms with Crippen LogP contribution < -0.4 is 14.8 Å². The van der Waals surface area contributed by atoms with Crippen LogP contribution in [0.2, 0.25) is 0 Å². The summed E-state index contributed by atoms with van der Waals surface area (Å²) >= 11 is 0. The number of benzene rings is 2. The molecule has 28 heavy (non-hydrogen) atoms. The van der Waals surface area contributed by atoms with Crippen LogP contribution in [0, 0.1) is 5.92 Å². The average molecular weight is 378 g/mol. The minimum atomic E-state index is -0.313. The van der Waals surface area contributed by atoms with Gasteiger partial charge in [-0.1, -0.05) is 44.2 Å². The summed E-state index contributed by atoms with van der Waals surface area (Å²) in [6.07, 6.45) is 0. The second kappa shape index (κ2) is 7.38. The van der Waals surface area contributed by atoms with Gasteiger partial charge in [-0.25, -0.2) is 0 Å². The largest absolute Gasteiger partial charge is 0.486 e. The Balaban J connectivity index is 1.73. The van der Waals surface area contributed by atoms with Gasteiger partial charge < -0.3 is 14.8 Å². The van der Waals surface area contributed by atoms with E-state index in [0.29, 0.717) is 48.1 Å². The molecule has 2 aromatic carbocycles. The SMILES string of the molecule is CC(C)CN1C(=O)C(Nc2ccc3c(c2)OCCO3)=C(c2ccccc2)C1=O. The van der Waals surface area contributed by atoms with E-state index in [1.165, 1.54) is 4.90 Å². The lowest BCUT2D eigenvalue weighted by Crippen LogP contribution is -2.35. The summed E-state index contributed by atoms with van der Waals surface area (Å²) in [7, 11) is 0. The van der Waals surface area contributed by atoms with Gasteiger partial charge in [-0.05, 0) is 23.6 Å². The standard InChI is InChI=1S/C22H22N2O4/c1-14(2)13-24-21(25)19(15-6-4-3-5-7-15)20(22(24)26)23-16-8-9-17-18(12-16)28-11-10-27-17/h3-9,12,14,23H,10-11,13H2,1-2H3. The molecule has 4 rings (SSSR count). The Morgan fingerprint density at radius 2 is 1.68 bits per heavy atom. The lowest BCUT2D eigenvalue weighted by Gasteiger charge is -2.19. The smallest absolute Gasteiger partial charge is 0.278 e. The quantitative estimate of drug-likeness (QED) is 0.809. The third kappa shape index (κ3) is 3.33. The van der Waals surface area contributed by atoms with Gasteiger partial charge >= 0.3 is 0 Å². The van der Waals surface area contributed by atoms with Gasteiger partial charge in [-0.15, -0.1) is 0 Å². The van der Waals surface area contributed by atoms with Crippen molar-refractivity contribution in [3.05, 3.63) is 59.8 Å². The number of hydrogen-bond acceptors (Lipinski definition) is 5. The summed E-state index contributed by atoms with van der Waals surface area (Å²) in [6, 6.07) is 14.7. The number of hydrogen-bond donors (Lipinski definition) is 1. The second-order valence-corrected chi connectivity index (χ2v) is 7.21. The van der Waals surface area contributed by atoms with Crippen LogP contribution >= 0.6 is 0 Å². The molecule has 0 saturated heterocycles. The number of carbonyl (C=O) groups excluding carboxylic acids is 2. The predicted octanol–water partition coefficient (Wildman–Crippen LogP) is 3.31. The molecule has 6 heteroatoms. The van der Waals surface area contributed by atoms with E-state index in [1.807, 2.05) is 50.2 Å². The van der Waals surface area contributed by atoms with E-state index in [0.717, 1.165) is 0 Å². The van der Waals surface area contributed by atoms with E-state index in [1.54, 1.807) is 12.1 Å². The molecule has 2 aliphatic heterocycles. The van der Waals surface area contributed by atoms with Gasteiger partial charge in [0.25, 0.3) is 11.8 Å². The lowest BCUT2D eigenvalue weighted by atomic mass is 10.0. The minimum absolute atomic E-state index is 0.179. The van der Waals surface area contributed by atoms with Crippen molar-refractivity contribution in [3.63, 3.8) is 0 Å². The van der Waals surface area contributed by atoms with Crippen molar-refractivity contribution in [2.45, 2.75) is 13.8 Å². The fourth-order valence-corrected chi connectivity index (χ4v) is 3.36. The number of nitrogens with zero attached hydrogens (tertiary/aromatic N) is 1. The summed E-state index contributed by atoms with van der Waals surface area (Å²) in [4.78, 5) is 27.4. The van der Waals surface area contributed by atoms with Crippen LogP contribution in [-0.2, 0) is 9.59 Å². The van der Waals surface area contributed by atoms with E-state index >= 15 is 0 Å². The number of imide groups is 1. The van der Waals surface area contributed by atoms with Gasteiger partial charge in [0.15, 0.2) is 11.5 Å². The monoisotopic (exact) mass is 378 g/mol. The van der Waals surface area contributed by atoms with Crippen LogP contribution in [0.15, 0.2) is 54.2 Å². The Kier molecular flexibility index (Phi) is 4.77. The molecule has 0 spiro atoms. The second-order valence-electron chi connectivity index (χ2n) is 7.21. The zero-order valence-electron chi connectivity index (χ0n) is 15.9. The van der Waals surface area contributed by atoms with Crippen LogP contribution in [0.1, 0.15) is 19.4 Å². The van der Waals surface area contributed by atoms with E-state index in [2.05, 4.69) is 5.32 Å². The maximum absolute atomic E-state index is 13.1. The highest BCUT2D eigenvalue weighted by Crippen LogP contribution is 2.35. The maximum atomic E-state index is 13.1. The maximum Gasteiger partial charge on any atom is 0.278 e. The molecule has 2 amide bonds. The topological polar surface area (TPSA) is 67.9 Å². The molecular weight excluding hydrogens is 356 g/mol. The first-order valence-electron chi connectivity index (χ1n) is 9.37. The molecule has 144 valence electrons. The number of carbonyl (C=O) groups is 2. The Hall–Kier alpha value is -3.28. The lowest BCUT2D eigenvalue weighted by molar-refractivity contribution is -0.137. The third-order valence-electron chi connectivity index (χ3n) is 4.59. The van der Waals surface area contributed by atoms with Gasteiger partial charge in [0.2, 0.25) is 0 Å². The Labute approximate surface area is 163 Å². The van der Waals surface area contributed by atoms with E-state index in [-0.39, 0.29) is 23.4 Å². The molecular formula is C22H22N2O4. The molecule has 0 saturated carbocycles. The summed E-state index contributed by atoms with van der Waals surface area (Å²) in [5.41, 5.74) is 2.06. The molecule has 1 N–H and O–H groups in total. The van der Waals surface area contributed by atoms with Crippen LogP contribution in [0.25, 0.3) is 5.57 Å². The highest BCUT2D eigenvalue weighted by atomic mass is 16.6. The minimum Gasteiger partial charge on any atom is -0.486 e. The molecule has 0 radical (unpaired) electrons. The number of rotatable bonds is 5. The molecule has 0 aromatic heterocycles. The molecule has 0 bridgehead atoms. The van der Waals surface area contributed by atoms with Crippen LogP contribution in [-0.4, -0.2) is 36.5 Å². The Bertz CT molecular complexity index is 950. The molecule has 2 aliphatic rings. The molecule has 0 unspecified atom stereocenters. The van der Waals surface area contributed by atoms with Gasteiger partial charge in [0, 0.05) is 18.3 Å². The van der Waals surface area contributed by atoms with Crippen molar-refractivity contribution in [2.75, 3.05) is 25.1 Å². The van der Waals surface area contributed by atoms with E-state index < -0.39 is 0 Å². The molecule has 0 fully saturated rings. The highest BCUT2D eigenvalue weighted by Gasteiger charge is 2.39. The average Bonchev–Trinajstić information content (AvgIpc) is 2.92. The van der Waals surface area contributed by atoms with Crippen molar-refractivity contribution >= 4 is 23.1 Å². The normalized spacial score (nSPS) is 16.2. The van der Waals surface area contributed by atoms with Crippen molar-refractivity contribution < 1.29 is 19.1 Å². The van der Waals surface area contributed by atoms with Crippen molar-refractivity contribution in [1.82, 2.24) is 4.90 Å². The Morgan fingerprint density at radius 1 is 0.964 bits per heavy atom. The van der Waals surface area contributed by atoms with E-state index in [4.69, 9.17) is 9.47 Å². The van der Waals surface area contributed by atoms with Gasteiger partial charge in [0.05, 0.1) is 5.57 Å². The van der Waals surface area contributed by atoms with Gasteiger partial charge in [-0.3, -0.25) is 14.5 Å². The summed E-state index contributed by atoms with van der Waals surface area (Å²) < 4.78 is 11.2. The van der Waals surface area contributed by atoms with Crippen molar-refractivity contribution in [2.24, 2.45) is 5.92 Å². The number of nitrogens with one attached hydrogen (secondary N) is 1. The van der Waals surface area contributed by atoms with Gasteiger partial charge in [0.1, 0.15) is 18.9 Å². The molecule has 0 aliphatic carbocycles. The van der Waals surface area contributed by atoms with Gasteiger partial charge in [-0.2, -0.15) is 0 Å². The third-order valence-corrected chi connectivity index (χ3v) is 4.59. The summed E-state index contributed by atoms with van der Waals surface area (Å²) in [5, 5.41) is 3.16. The van der Waals surface area contributed by atoms with Crippen molar-refractivity contribution in [1.29, 1.82) is 0 Å². The first-order valence-corrected chi connectivity index (χ1v) is 9.37. The van der Waals surface area contributed by atoms with Crippen molar-refractivity contribution in [3.8, 4) is 11.5 Å². The number of fused-ring (bicyclic) bond motifs is 1. The zero-order chi connectivity index (χ0) is 19.7. The first kappa shape index (κ1) is 18.1. The fraction of sp³-hybridized carbons (Fsp3) is 0.273.